The van der Waals surface area contributed by atoms with E-state index in [0.29, 0.717) is 5.69 Å². The zero-order valence-corrected chi connectivity index (χ0v) is 13.1. The third-order valence-corrected chi connectivity index (χ3v) is 3.80. The molecule has 0 aromatic heterocycles. The summed E-state index contributed by atoms with van der Waals surface area (Å²) in [5, 5.41) is 14.8. The predicted octanol–water partition coefficient (Wildman–Crippen LogP) is 1.33. The van der Waals surface area contributed by atoms with Gasteiger partial charge in [-0.15, -0.1) is 0 Å². The van der Waals surface area contributed by atoms with Crippen molar-refractivity contribution in [3.05, 3.63) is 59.7 Å². The first-order valence-corrected chi connectivity index (χ1v) is 7.75. The lowest BCUT2D eigenvalue weighted by Crippen LogP contribution is -2.36. The van der Waals surface area contributed by atoms with Crippen LogP contribution in [0.4, 0.5) is 11.4 Å². The van der Waals surface area contributed by atoms with Crippen LogP contribution in [-0.2, 0) is 4.74 Å². The van der Waals surface area contributed by atoms with E-state index in [1.807, 2.05) is 12.1 Å². The minimum atomic E-state index is -1.19. The van der Waals surface area contributed by atoms with Gasteiger partial charge in [-0.25, -0.2) is 0 Å². The summed E-state index contributed by atoms with van der Waals surface area (Å²) >= 11 is 0. The summed E-state index contributed by atoms with van der Waals surface area (Å²) in [6.07, 6.45) is 1.72. The predicted molar refractivity (Wildman–Crippen MR) is 91.5 cm³/mol. The van der Waals surface area contributed by atoms with Crippen molar-refractivity contribution in [2.45, 2.75) is 0 Å². The van der Waals surface area contributed by atoms with E-state index in [-0.39, 0.29) is 5.56 Å². The van der Waals surface area contributed by atoms with Gasteiger partial charge in [-0.1, -0.05) is 24.3 Å². The molecule has 0 aliphatic carbocycles. The van der Waals surface area contributed by atoms with Gasteiger partial charge < -0.3 is 19.5 Å². The van der Waals surface area contributed by atoms with E-state index in [1.165, 1.54) is 17.8 Å². The third-order valence-electron chi connectivity index (χ3n) is 3.80. The van der Waals surface area contributed by atoms with E-state index < -0.39 is 5.97 Å². The molecule has 2 aromatic rings. The number of hydrogen-bond donors (Lipinski definition) is 1. The minimum absolute atomic E-state index is 0.142. The van der Waals surface area contributed by atoms with Gasteiger partial charge in [-0.2, -0.15) is 5.10 Å². The van der Waals surface area contributed by atoms with Crippen molar-refractivity contribution in [1.29, 1.82) is 0 Å². The molecule has 0 unspecified atom stereocenters. The van der Waals surface area contributed by atoms with Gasteiger partial charge in [-0.05, 0) is 35.4 Å². The van der Waals surface area contributed by atoms with Gasteiger partial charge in [0.05, 0.1) is 31.1 Å². The SMILES string of the molecule is O=C([O-])c1ccc(N/N=C\c2ccc(N3CCOCC3)cc2)cc1. The number of morpholine rings is 1. The molecule has 6 nitrogen and oxygen atoms in total. The molecule has 1 heterocycles. The number of anilines is 2. The van der Waals surface area contributed by atoms with Crippen LogP contribution in [0.3, 0.4) is 0 Å². The highest BCUT2D eigenvalue weighted by molar-refractivity contribution is 5.86. The van der Waals surface area contributed by atoms with Gasteiger partial charge in [0.25, 0.3) is 0 Å². The maximum absolute atomic E-state index is 10.7. The first-order valence-electron chi connectivity index (χ1n) is 7.75. The fourth-order valence-electron chi connectivity index (χ4n) is 2.45. The number of carboxylic acid groups (broad SMARTS) is 1. The standard InChI is InChI=1S/C18H19N3O3/c22-18(23)15-3-5-16(6-4-15)20-19-13-14-1-7-17(8-2-14)21-9-11-24-12-10-21/h1-8,13,20H,9-12H2,(H,22,23)/p-1/b19-13-. The Kier molecular flexibility index (Phi) is 5.08. The quantitative estimate of drug-likeness (QED) is 0.663. The first kappa shape index (κ1) is 16.0. The molecule has 1 N–H and O–H groups in total. The summed E-state index contributed by atoms with van der Waals surface area (Å²) in [4.78, 5) is 13.0. The Morgan fingerprint density at radius 1 is 1.08 bits per heavy atom. The maximum atomic E-state index is 10.7. The van der Waals surface area contributed by atoms with Crippen molar-refractivity contribution in [3.63, 3.8) is 0 Å². The van der Waals surface area contributed by atoms with Gasteiger partial charge >= 0.3 is 0 Å². The van der Waals surface area contributed by atoms with Gasteiger partial charge in [0.1, 0.15) is 0 Å². The second-order valence-corrected chi connectivity index (χ2v) is 5.43. The van der Waals surface area contributed by atoms with Crippen LogP contribution < -0.4 is 15.4 Å². The number of aromatic carboxylic acids is 1. The van der Waals surface area contributed by atoms with Crippen LogP contribution in [0.2, 0.25) is 0 Å². The van der Waals surface area contributed by atoms with E-state index in [9.17, 15) is 9.90 Å². The Morgan fingerprint density at radius 2 is 1.75 bits per heavy atom. The van der Waals surface area contributed by atoms with Crippen molar-refractivity contribution < 1.29 is 14.6 Å². The molecule has 0 spiro atoms. The van der Waals surface area contributed by atoms with Crippen molar-refractivity contribution >= 4 is 23.6 Å². The van der Waals surface area contributed by atoms with E-state index in [0.717, 1.165) is 31.9 Å². The molecular weight excluding hydrogens is 306 g/mol. The Hall–Kier alpha value is -2.86. The lowest BCUT2D eigenvalue weighted by Gasteiger charge is -2.28. The highest BCUT2D eigenvalue weighted by Crippen LogP contribution is 2.16. The van der Waals surface area contributed by atoms with Crippen LogP contribution in [0.5, 0.6) is 0 Å². The van der Waals surface area contributed by atoms with Crippen LogP contribution in [0.15, 0.2) is 53.6 Å². The normalized spacial score (nSPS) is 14.8. The number of carbonyl (C=O) groups excluding carboxylic acids is 1. The molecule has 0 amide bonds. The van der Waals surface area contributed by atoms with Crippen LogP contribution in [0.25, 0.3) is 0 Å². The smallest absolute Gasteiger partial charge is 0.0715 e. The molecule has 1 aliphatic rings. The van der Waals surface area contributed by atoms with Crippen molar-refractivity contribution in [2.24, 2.45) is 5.10 Å². The molecule has 0 bridgehead atoms. The van der Waals surface area contributed by atoms with Crippen LogP contribution in [-0.4, -0.2) is 38.5 Å². The van der Waals surface area contributed by atoms with Gasteiger partial charge in [0.15, 0.2) is 0 Å². The molecule has 1 aliphatic heterocycles. The van der Waals surface area contributed by atoms with Gasteiger partial charge in [0, 0.05) is 18.8 Å². The molecule has 124 valence electrons. The molecule has 2 aromatic carbocycles. The number of nitrogens with zero attached hydrogens (tertiary/aromatic N) is 2. The van der Waals surface area contributed by atoms with Crippen LogP contribution in [0, 0.1) is 0 Å². The molecule has 0 atom stereocenters. The molecule has 1 fully saturated rings. The van der Waals surface area contributed by atoms with E-state index in [1.54, 1.807) is 18.3 Å². The van der Waals surface area contributed by atoms with Crippen molar-refractivity contribution in [3.8, 4) is 0 Å². The Bertz CT molecular complexity index is 705. The number of rotatable bonds is 5. The number of ether oxygens (including phenoxy) is 1. The van der Waals surface area contributed by atoms with E-state index in [2.05, 4.69) is 27.6 Å². The molecule has 0 saturated carbocycles. The number of hydrazone groups is 1. The number of nitrogens with one attached hydrogen (secondary N) is 1. The highest BCUT2D eigenvalue weighted by Gasteiger charge is 2.10. The van der Waals surface area contributed by atoms with E-state index in [4.69, 9.17) is 4.74 Å². The minimum Gasteiger partial charge on any atom is -0.545 e. The number of carbonyl (C=O) groups is 1. The zero-order valence-electron chi connectivity index (χ0n) is 13.1. The second-order valence-electron chi connectivity index (χ2n) is 5.43. The fraction of sp³-hybridized carbons (Fsp3) is 0.222. The van der Waals surface area contributed by atoms with Gasteiger partial charge in [0.2, 0.25) is 0 Å². The van der Waals surface area contributed by atoms with Crippen LogP contribution in [0.1, 0.15) is 15.9 Å². The lowest BCUT2D eigenvalue weighted by atomic mass is 10.2. The lowest BCUT2D eigenvalue weighted by molar-refractivity contribution is -0.255. The fourth-order valence-corrected chi connectivity index (χ4v) is 2.45. The molecule has 0 radical (unpaired) electrons. The monoisotopic (exact) mass is 324 g/mol. The second kappa shape index (κ2) is 7.61. The highest BCUT2D eigenvalue weighted by atomic mass is 16.5. The van der Waals surface area contributed by atoms with Gasteiger partial charge in [-0.3, -0.25) is 5.43 Å². The zero-order chi connectivity index (χ0) is 16.8. The first-order chi connectivity index (χ1) is 11.7. The Balaban J connectivity index is 1.57. The average molecular weight is 324 g/mol. The summed E-state index contributed by atoms with van der Waals surface area (Å²) in [5.41, 5.74) is 5.88. The Morgan fingerprint density at radius 3 is 2.38 bits per heavy atom. The third kappa shape index (κ3) is 4.11. The molecule has 24 heavy (non-hydrogen) atoms. The summed E-state index contributed by atoms with van der Waals surface area (Å²) in [7, 11) is 0. The van der Waals surface area contributed by atoms with Crippen molar-refractivity contribution in [1.82, 2.24) is 0 Å². The Labute approximate surface area is 140 Å². The largest absolute Gasteiger partial charge is 0.545 e. The topological polar surface area (TPSA) is 77.0 Å². The number of benzene rings is 2. The molecule has 3 rings (SSSR count). The van der Waals surface area contributed by atoms with E-state index >= 15 is 0 Å². The number of carboxylic acids is 1. The average Bonchev–Trinajstić information content (AvgIpc) is 2.63. The maximum Gasteiger partial charge on any atom is 0.0715 e. The van der Waals surface area contributed by atoms with Crippen LogP contribution >= 0.6 is 0 Å². The molecule has 6 heteroatoms. The molecular formula is C18H18N3O3-. The summed E-state index contributed by atoms with van der Waals surface area (Å²) in [5.74, 6) is -1.19. The molecule has 1 saturated heterocycles. The van der Waals surface area contributed by atoms with Crippen molar-refractivity contribution in [2.75, 3.05) is 36.6 Å². The summed E-state index contributed by atoms with van der Waals surface area (Å²) in [6, 6.07) is 14.4. The summed E-state index contributed by atoms with van der Waals surface area (Å²) in [6.45, 7) is 3.36. The number of hydrogen-bond acceptors (Lipinski definition) is 6. The summed E-state index contributed by atoms with van der Waals surface area (Å²) < 4.78 is 5.35.